The summed E-state index contributed by atoms with van der Waals surface area (Å²) < 4.78 is 0. The number of unbranched alkanes of at least 4 members (excludes halogenated alkanes) is 2. The zero-order chi connectivity index (χ0) is 24.0. The van der Waals surface area contributed by atoms with Gasteiger partial charge < -0.3 is 20.3 Å². The van der Waals surface area contributed by atoms with Crippen molar-refractivity contribution in [1.29, 1.82) is 0 Å². The average Bonchev–Trinajstić information content (AvgIpc) is 3.53. The van der Waals surface area contributed by atoms with Crippen molar-refractivity contribution in [1.82, 2.24) is 0 Å². The van der Waals surface area contributed by atoms with Crippen molar-refractivity contribution in [3.8, 4) is 0 Å². The van der Waals surface area contributed by atoms with Crippen LogP contribution in [0.2, 0.25) is 0 Å². The average molecular weight is 531 g/mol. The molecule has 1 heteroatoms. The zero-order valence-corrected chi connectivity index (χ0v) is 25.6. The fourth-order valence-electron chi connectivity index (χ4n) is 6.10. The first-order valence-corrected chi connectivity index (χ1v) is 13.9. The van der Waals surface area contributed by atoms with E-state index >= 15 is 0 Å². The van der Waals surface area contributed by atoms with Gasteiger partial charge >= 0.3 is 26.2 Å². The summed E-state index contributed by atoms with van der Waals surface area (Å²) in [6.45, 7) is 21.3. The van der Waals surface area contributed by atoms with Crippen LogP contribution in [0, 0.1) is 48.9 Å². The van der Waals surface area contributed by atoms with Gasteiger partial charge in [-0.1, -0.05) is 103 Å². The minimum atomic E-state index is 0. The van der Waals surface area contributed by atoms with Gasteiger partial charge in [0.15, 0.2) is 0 Å². The van der Waals surface area contributed by atoms with Crippen LogP contribution in [0.15, 0.2) is 36.0 Å². The second-order valence-corrected chi connectivity index (χ2v) is 10.5. The Balaban J connectivity index is 0.000000991. The molecule has 0 N–H and O–H groups in total. The third-order valence-electron chi connectivity index (χ3n) is 8.65. The van der Waals surface area contributed by atoms with Crippen molar-refractivity contribution < 1.29 is 26.2 Å². The number of allylic oxidation sites excluding steroid dienone is 6. The molecule has 0 bridgehead atoms. The quantitative estimate of drug-likeness (QED) is 0.205. The van der Waals surface area contributed by atoms with Gasteiger partial charge in [-0.3, -0.25) is 0 Å². The molecule has 0 aromatic heterocycles. The Bertz CT molecular complexity index is 571. The minimum Gasteiger partial charge on any atom is -0.343 e. The van der Waals surface area contributed by atoms with Gasteiger partial charge in [-0.05, 0) is 54.8 Å². The number of fused-ring (bicyclic) bond motifs is 1. The maximum absolute atomic E-state index is 3.60. The molecule has 1 fully saturated rings. The fourth-order valence-corrected chi connectivity index (χ4v) is 6.10. The van der Waals surface area contributed by atoms with Crippen LogP contribution in [0.25, 0.3) is 0 Å². The summed E-state index contributed by atoms with van der Waals surface area (Å²) in [6.07, 6.45) is 29.9. The van der Waals surface area contributed by atoms with Crippen LogP contribution in [0.1, 0.15) is 119 Å². The molecule has 3 aliphatic carbocycles. The molecule has 4 atom stereocenters. The Hall–Kier alpha value is 0.103. The van der Waals surface area contributed by atoms with E-state index in [9.17, 15) is 0 Å². The maximum atomic E-state index is 3.60. The molecule has 0 aromatic rings. The van der Waals surface area contributed by atoms with Gasteiger partial charge in [0, 0.05) is 0 Å². The van der Waals surface area contributed by atoms with E-state index in [0.29, 0.717) is 10.8 Å². The predicted octanol–water partition coefficient (Wildman–Crippen LogP) is 10.5. The molecule has 33 heavy (non-hydrogen) atoms. The van der Waals surface area contributed by atoms with Gasteiger partial charge in [-0.2, -0.15) is 25.2 Å². The van der Waals surface area contributed by atoms with Gasteiger partial charge in [0.1, 0.15) is 0 Å². The van der Waals surface area contributed by atoms with Gasteiger partial charge in [-0.25, -0.2) is 0 Å². The van der Waals surface area contributed by atoms with E-state index in [1.807, 2.05) is 0 Å². The largest absolute Gasteiger partial charge is 3.00 e. The van der Waals surface area contributed by atoms with Crippen molar-refractivity contribution in [3.63, 3.8) is 0 Å². The first-order chi connectivity index (χ1) is 15.4. The Morgan fingerprint density at radius 1 is 1.09 bits per heavy atom. The summed E-state index contributed by atoms with van der Waals surface area (Å²) >= 11 is 0. The van der Waals surface area contributed by atoms with Crippen LogP contribution in [0.4, 0.5) is 0 Å². The topological polar surface area (TPSA) is 0 Å². The monoisotopic (exact) mass is 529 g/mol. The Labute approximate surface area is 228 Å². The molecule has 0 spiro atoms. The summed E-state index contributed by atoms with van der Waals surface area (Å²) in [5.74, 6) is 2.38. The summed E-state index contributed by atoms with van der Waals surface area (Å²) in [7, 11) is 0. The van der Waals surface area contributed by atoms with E-state index in [4.69, 9.17) is 0 Å². The van der Waals surface area contributed by atoms with E-state index in [1.165, 1.54) is 64.2 Å². The maximum Gasteiger partial charge on any atom is 3.00 e. The molecule has 3 aliphatic rings. The predicted molar refractivity (Wildman–Crippen MR) is 146 cm³/mol. The summed E-state index contributed by atoms with van der Waals surface area (Å²) in [5.41, 5.74) is 2.51. The van der Waals surface area contributed by atoms with E-state index in [0.717, 1.165) is 30.6 Å². The molecule has 0 amide bonds. The van der Waals surface area contributed by atoms with Crippen LogP contribution < -0.4 is 0 Å². The first-order valence-electron chi connectivity index (χ1n) is 13.9. The zero-order valence-electron chi connectivity index (χ0n) is 23.1. The fraction of sp³-hybridized carbons (Fsp3) is 0.719. The van der Waals surface area contributed by atoms with Crippen molar-refractivity contribution in [2.24, 2.45) is 28.6 Å². The van der Waals surface area contributed by atoms with Crippen molar-refractivity contribution in [3.05, 3.63) is 56.2 Å². The van der Waals surface area contributed by atoms with Crippen LogP contribution in [-0.2, 0) is 26.2 Å². The second-order valence-electron chi connectivity index (χ2n) is 10.5. The van der Waals surface area contributed by atoms with Gasteiger partial charge in [0.05, 0.1) is 0 Å². The number of rotatable bonds is 9. The minimum absolute atomic E-state index is 0. The normalized spacial score (nSPS) is 27.3. The van der Waals surface area contributed by atoms with E-state index < -0.39 is 0 Å². The van der Waals surface area contributed by atoms with Gasteiger partial charge in [0.25, 0.3) is 0 Å². The molecular formula is C32H55Zr. The molecule has 1 saturated carbocycles. The van der Waals surface area contributed by atoms with E-state index in [2.05, 4.69) is 92.2 Å². The van der Waals surface area contributed by atoms with Gasteiger partial charge in [0.2, 0.25) is 0 Å². The van der Waals surface area contributed by atoms with Crippen molar-refractivity contribution in [2.75, 3.05) is 0 Å². The molecule has 0 heterocycles. The summed E-state index contributed by atoms with van der Waals surface area (Å²) in [4.78, 5) is 0. The standard InChI is InChI=1S/C24H37.2C4H9.Zr/c1-5-24(6-2)18-16-21-14-9-15-22(21)23(24,4)17-10-11-19(3)20-12-7-8-13-20;2*1-3-4-2;/h7-8,12,15-16,18-19,21-22H,5-6,9-11,13-14,17H2,1-4H3;2*1,3-4H2,2H3;/q3*-1;+3. The smallest absolute Gasteiger partial charge is 0.343 e. The third kappa shape index (κ3) is 8.92. The van der Waals surface area contributed by atoms with Crippen LogP contribution in [0.5, 0.6) is 0 Å². The molecule has 0 nitrogen and oxygen atoms in total. The molecule has 0 aliphatic heterocycles. The Kier molecular flexibility index (Phi) is 17.6. The molecule has 0 aromatic carbocycles. The molecule has 3 rings (SSSR count). The van der Waals surface area contributed by atoms with Crippen LogP contribution in [-0.4, -0.2) is 0 Å². The van der Waals surface area contributed by atoms with Crippen molar-refractivity contribution in [2.45, 2.75) is 119 Å². The van der Waals surface area contributed by atoms with Crippen LogP contribution >= 0.6 is 0 Å². The van der Waals surface area contributed by atoms with Crippen molar-refractivity contribution >= 4 is 0 Å². The number of hydrogen-bond donors (Lipinski definition) is 0. The number of hydrogen-bond acceptors (Lipinski definition) is 0. The first kappa shape index (κ1) is 33.1. The van der Waals surface area contributed by atoms with Crippen LogP contribution in [0.3, 0.4) is 0 Å². The molecule has 0 saturated heterocycles. The Morgan fingerprint density at radius 3 is 2.18 bits per heavy atom. The molecule has 4 unspecified atom stereocenters. The second kappa shape index (κ2) is 17.5. The SMILES string of the molecule is CCC1(CC)C=CC2CC[CH-]C2C1(C)CCCC(C)C1=CC=CC1.[CH2-]CCC.[CH2-]CCC.[Zr+3]. The molecular weight excluding hydrogens is 476 g/mol. The van der Waals surface area contributed by atoms with E-state index in [-0.39, 0.29) is 26.2 Å². The molecule has 1 radical (unpaired) electrons. The Morgan fingerprint density at radius 2 is 1.70 bits per heavy atom. The van der Waals surface area contributed by atoms with Gasteiger partial charge in [-0.15, -0.1) is 0 Å². The summed E-state index contributed by atoms with van der Waals surface area (Å²) in [5, 5.41) is 0. The molecule has 187 valence electrons. The summed E-state index contributed by atoms with van der Waals surface area (Å²) in [6, 6.07) is 0. The van der Waals surface area contributed by atoms with E-state index in [1.54, 1.807) is 5.57 Å². The third-order valence-corrected chi connectivity index (χ3v) is 8.65.